The number of nitrogens with one attached hydrogen (secondary N) is 1. The summed E-state index contributed by atoms with van der Waals surface area (Å²) in [6.45, 7) is 12.7. The van der Waals surface area contributed by atoms with E-state index in [2.05, 4.69) is 5.32 Å². The molecule has 60 heavy (non-hydrogen) atoms. The molecule has 0 radical (unpaired) electrons. The highest BCUT2D eigenvalue weighted by Crippen LogP contribution is 2.42. The van der Waals surface area contributed by atoms with Gasteiger partial charge in [-0.15, -0.1) is 0 Å². The summed E-state index contributed by atoms with van der Waals surface area (Å²) in [5, 5.41) is 49.6. The van der Waals surface area contributed by atoms with Gasteiger partial charge >= 0.3 is 11.8 Å². The molecule has 1 amide bonds. The van der Waals surface area contributed by atoms with Gasteiger partial charge in [-0.2, -0.15) is 0 Å². The number of ether oxygens (including phenoxy) is 4. The number of aliphatic hydroxyl groups excluding tert-OH is 3. The maximum absolute atomic E-state index is 14.3. The molecule has 0 spiro atoms. The molecule has 10 atom stereocenters. The number of carbonyl (C=O) groups excluding carboxylic acids is 2. The van der Waals surface area contributed by atoms with Gasteiger partial charge in [0.25, 0.3) is 5.91 Å². The molecular weight excluding hydrogens is 775 g/mol. The molecule has 0 saturated carbocycles. The topological polar surface area (TPSA) is 210 Å². The molecule has 5 N–H and O–H groups in total. The van der Waals surface area contributed by atoms with Gasteiger partial charge in [-0.1, -0.05) is 52.0 Å². The Morgan fingerprint density at radius 1 is 0.983 bits per heavy atom. The van der Waals surface area contributed by atoms with Gasteiger partial charge in [-0.3, -0.25) is 19.3 Å². The summed E-state index contributed by atoms with van der Waals surface area (Å²) < 4.78 is 30.4. The van der Waals surface area contributed by atoms with Crippen molar-refractivity contribution in [3.05, 3.63) is 74.3 Å². The van der Waals surface area contributed by atoms with Crippen molar-refractivity contribution in [3.63, 3.8) is 0 Å². The van der Waals surface area contributed by atoms with Crippen molar-refractivity contribution in [2.24, 2.45) is 23.7 Å². The molecule has 3 aliphatic rings. The number of rotatable bonds is 3. The van der Waals surface area contributed by atoms with Gasteiger partial charge < -0.3 is 49.1 Å². The Hall–Kier alpha value is -5.48. The fourth-order valence-corrected chi connectivity index (χ4v) is 8.20. The standard InChI is InChI=1S/C45H55N3O12/c1-20-13-12-14-21(2)44(55)47-35-39(53)32-31(34-42(35)59-30-19-27(48(9)10)15-16-28(30)46-34)33-41(25(6)38(32)52)60-45(8,43(33)54)57-18-17-29(56-11)22(3)40(58-26(7)49)24(5)37(51)23(4)36(20)50/h12-20,22-24,27,29,36-37,40,50-51,53-54H,1-11H3,(H,47,55)/b13-12+,18-17+,21-14-/t20-,22+,23+,24+,27?,29-,36-,37+,40+,45-/m0/s1. The van der Waals surface area contributed by atoms with Crippen LogP contribution in [-0.4, -0.2) is 99.6 Å². The summed E-state index contributed by atoms with van der Waals surface area (Å²) in [5.74, 6) is -6.62. The number of allylic oxidation sites excluding steroid dienone is 2. The van der Waals surface area contributed by atoms with Crippen LogP contribution in [0.25, 0.3) is 39.8 Å². The Balaban J connectivity index is 1.62. The predicted octanol–water partition coefficient (Wildman–Crippen LogP) is 4.07. The Morgan fingerprint density at radius 2 is 1.68 bits per heavy atom. The number of methoxy groups -OCH3 is 1. The van der Waals surface area contributed by atoms with E-state index in [9.17, 15) is 34.8 Å². The molecule has 3 heterocycles. The lowest BCUT2D eigenvalue weighted by Crippen LogP contribution is -2.46. The molecule has 0 fully saturated rings. The number of aromatic hydroxyl groups is 1. The molecule has 322 valence electrons. The lowest BCUT2D eigenvalue weighted by atomic mass is 9.78. The third-order valence-electron chi connectivity index (χ3n) is 12.0. The van der Waals surface area contributed by atoms with Crippen molar-refractivity contribution in [2.45, 2.75) is 91.6 Å². The molecule has 4 bridgehead atoms. The zero-order valence-corrected chi connectivity index (χ0v) is 35.8. The number of phenolic OH excluding ortho intramolecular Hbond substituents is 1. The van der Waals surface area contributed by atoms with E-state index >= 15 is 0 Å². The Bertz CT molecular complexity index is 2540. The van der Waals surface area contributed by atoms with Crippen molar-refractivity contribution in [1.82, 2.24) is 9.88 Å². The van der Waals surface area contributed by atoms with Gasteiger partial charge in [0, 0.05) is 67.2 Å². The summed E-state index contributed by atoms with van der Waals surface area (Å²) in [6.07, 6.45) is 9.31. The van der Waals surface area contributed by atoms with E-state index in [1.54, 1.807) is 58.9 Å². The number of hydrogen-bond donors (Lipinski definition) is 5. The maximum atomic E-state index is 14.3. The van der Waals surface area contributed by atoms with Crippen LogP contribution in [0.15, 0.2) is 51.4 Å². The second-order valence-electron chi connectivity index (χ2n) is 16.5. The summed E-state index contributed by atoms with van der Waals surface area (Å²) in [6, 6.07) is -0.167. The lowest BCUT2D eigenvalue weighted by Gasteiger charge is -2.38. The van der Waals surface area contributed by atoms with Crippen molar-refractivity contribution in [3.8, 4) is 11.5 Å². The largest absolute Gasteiger partial charge is 0.505 e. The first kappa shape index (κ1) is 44.1. The molecular formula is C45H55N3O12. The second kappa shape index (κ2) is 16.9. The van der Waals surface area contributed by atoms with Gasteiger partial charge in [0.2, 0.25) is 0 Å². The van der Waals surface area contributed by atoms with Crippen LogP contribution in [-0.2, 0) is 23.8 Å². The van der Waals surface area contributed by atoms with E-state index in [4.69, 9.17) is 28.3 Å². The minimum absolute atomic E-state index is 0.0105. The monoisotopic (exact) mass is 829 g/mol. The first-order valence-corrected chi connectivity index (χ1v) is 19.9. The van der Waals surface area contributed by atoms with E-state index in [0.717, 1.165) is 0 Å². The van der Waals surface area contributed by atoms with Gasteiger partial charge in [-0.25, -0.2) is 4.98 Å². The third kappa shape index (κ3) is 7.82. The first-order chi connectivity index (χ1) is 28.2. The van der Waals surface area contributed by atoms with E-state index in [0.29, 0.717) is 11.1 Å². The van der Waals surface area contributed by atoms with Crippen LogP contribution in [0.2, 0.25) is 0 Å². The molecule has 2 aromatic carbocycles. The molecule has 1 aliphatic carbocycles. The van der Waals surface area contributed by atoms with Crippen molar-refractivity contribution in [2.75, 3.05) is 26.5 Å². The number of aliphatic hydroxyl groups is 3. The number of carbonyl (C=O) groups is 2. The number of phenols is 1. The molecule has 15 heteroatoms. The smallest absolute Gasteiger partial charge is 0.307 e. The van der Waals surface area contributed by atoms with Crippen molar-refractivity contribution in [1.29, 1.82) is 0 Å². The number of benzene rings is 2. The fourth-order valence-electron chi connectivity index (χ4n) is 8.20. The van der Waals surface area contributed by atoms with Crippen LogP contribution in [0.4, 0.5) is 5.69 Å². The molecule has 15 nitrogen and oxygen atoms in total. The highest BCUT2D eigenvalue weighted by molar-refractivity contribution is 6.18. The average molecular weight is 830 g/mol. The number of likely N-dealkylation sites (N-methyl/N-ethyl adjacent to an activating group) is 1. The van der Waals surface area contributed by atoms with Crippen molar-refractivity contribution < 1.29 is 53.4 Å². The van der Waals surface area contributed by atoms with Crippen LogP contribution in [0.1, 0.15) is 59.7 Å². The summed E-state index contributed by atoms with van der Waals surface area (Å²) in [5.41, 5.74) is 0.108. The van der Waals surface area contributed by atoms with E-state index < -0.39 is 82.7 Å². The third-order valence-corrected chi connectivity index (χ3v) is 12.0. The Morgan fingerprint density at radius 3 is 2.33 bits per heavy atom. The van der Waals surface area contributed by atoms with Crippen molar-refractivity contribution >= 4 is 57.3 Å². The van der Waals surface area contributed by atoms with Crippen LogP contribution >= 0.6 is 0 Å². The highest BCUT2D eigenvalue weighted by Gasteiger charge is 2.44. The number of aromatic nitrogens is 1. The minimum atomic E-state index is -1.91. The highest BCUT2D eigenvalue weighted by atomic mass is 16.7. The predicted molar refractivity (Wildman–Crippen MR) is 226 cm³/mol. The fraction of sp³-hybridized carbons (Fsp3) is 0.467. The number of amides is 1. The van der Waals surface area contributed by atoms with Crippen LogP contribution in [0, 0.1) is 30.6 Å². The Kier molecular flexibility index (Phi) is 12.4. The number of esters is 1. The van der Waals surface area contributed by atoms with Gasteiger partial charge in [-0.05, 0) is 46.2 Å². The van der Waals surface area contributed by atoms with E-state index in [1.165, 1.54) is 40.2 Å². The average Bonchev–Trinajstić information content (AvgIpc) is 3.47. The normalized spacial score (nSPS) is 31.8. The first-order valence-electron chi connectivity index (χ1n) is 19.9. The molecule has 0 saturated heterocycles. The summed E-state index contributed by atoms with van der Waals surface area (Å²) in [4.78, 5) is 47.4. The lowest BCUT2D eigenvalue weighted by molar-refractivity contribution is -0.160. The number of anilines is 1. The minimum Gasteiger partial charge on any atom is -0.505 e. The van der Waals surface area contributed by atoms with E-state index in [1.807, 2.05) is 31.1 Å². The SMILES string of the molecule is CO[C@H]1/C=C/O[C@@]2(C)Oc3c(C)c(=O)c4c(O)c(c5oc6c(nc5c4c3=C2O)C=CC(N(C)C)C=6)NC(=O)/C(C)=C\C=C\[C@H](C)[C@H](O)[C@@H](C)[C@@H](O)[C@@H](C)[C@H](OC(C)=O)[C@@H]1C. The van der Waals surface area contributed by atoms with Gasteiger partial charge in [0.1, 0.15) is 28.8 Å². The quantitative estimate of drug-likeness (QED) is 0.143. The van der Waals surface area contributed by atoms with Crippen LogP contribution in [0.5, 0.6) is 11.5 Å². The van der Waals surface area contributed by atoms with Crippen LogP contribution in [0.3, 0.4) is 0 Å². The number of hydrogen-bond acceptors (Lipinski definition) is 14. The molecule has 6 rings (SSSR count). The Labute approximate surface area is 347 Å². The number of nitrogens with zero attached hydrogens (tertiary/aromatic N) is 2. The second-order valence-corrected chi connectivity index (χ2v) is 16.5. The maximum Gasteiger partial charge on any atom is 0.307 e. The zero-order valence-electron chi connectivity index (χ0n) is 35.8. The molecule has 1 aromatic heterocycles. The number of fused-ring (bicyclic) bond motifs is 2. The van der Waals surface area contributed by atoms with Gasteiger partial charge in [0.05, 0.1) is 35.2 Å². The molecule has 2 aliphatic heterocycles. The molecule has 3 aromatic rings. The van der Waals surface area contributed by atoms with E-state index in [-0.39, 0.29) is 55.7 Å². The van der Waals surface area contributed by atoms with Crippen LogP contribution < -0.4 is 26.1 Å². The zero-order chi connectivity index (χ0) is 44.1. The van der Waals surface area contributed by atoms with Gasteiger partial charge in [0.15, 0.2) is 27.9 Å². The summed E-state index contributed by atoms with van der Waals surface area (Å²) >= 11 is 0. The molecule has 1 unspecified atom stereocenters. The summed E-state index contributed by atoms with van der Waals surface area (Å²) in [7, 11) is 5.24.